The first-order valence-corrected chi connectivity index (χ1v) is 6.26. The number of rotatable bonds is 4. The number of aromatic hydroxyl groups is 1. The molecule has 104 valence electrons. The lowest BCUT2D eigenvalue weighted by atomic mass is 10.1. The van der Waals surface area contributed by atoms with Gasteiger partial charge in [-0.3, -0.25) is 4.79 Å². The summed E-state index contributed by atoms with van der Waals surface area (Å²) in [5.74, 6) is 1.11. The Morgan fingerprint density at radius 3 is 2.55 bits per heavy atom. The molecular weight excluding hydrogens is 254 g/mol. The molecule has 2 rings (SSSR count). The molecule has 20 heavy (non-hydrogen) atoms. The predicted molar refractivity (Wildman–Crippen MR) is 79.2 cm³/mol. The van der Waals surface area contributed by atoms with Gasteiger partial charge in [0.05, 0.1) is 5.56 Å². The second kappa shape index (κ2) is 5.65. The zero-order valence-electron chi connectivity index (χ0n) is 11.8. The number of phenolic OH excluding ortho intramolecular Hbond substituents is 1. The van der Waals surface area contributed by atoms with E-state index in [0.29, 0.717) is 5.76 Å². The van der Waals surface area contributed by atoms with Crippen molar-refractivity contribution >= 4 is 17.5 Å². The fraction of sp³-hybridized carbons (Fsp3) is 0.188. The van der Waals surface area contributed by atoms with E-state index in [1.807, 2.05) is 32.0 Å². The van der Waals surface area contributed by atoms with Gasteiger partial charge in [0.1, 0.15) is 17.3 Å². The van der Waals surface area contributed by atoms with Gasteiger partial charge in [-0.25, -0.2) is 0 Å². The third-order valence-corrected chi connectivity index (χ3v) is 2.92. The number of hydrogen-bond acceptors (Lipinski definition) is 4. The average molecular weight is 271 g/mol. The van der Waals surface area contributed by atoms with Crippen LogP contribution < -0.4 is 4.90 Å². The Bertz CT molecular complexity index is 653. The van der Waals surface area contributed by atoms with Crippen LogP contribution in [0.1, 0.15) is 21.9 Å². The molecule has 1 aromatic heterocycles. The minimum absolute atomic E-state index is 0.0264. The number of aryl methyl sites for hydroxylation is 1. The number of carbonyl (C=O) groups is 1. The van der Waals surface area contributed by atoms with Gasteiger partial charge in [0, 0.05) is 25.8 Å². The molecule has 0 radical (unpaired) electrons. The molecule has 0 spiro atoms. The van der Waals surface area contributed by atoms with Crippen molar-refractivity contribution in [2.45, 2.75) is 6.92 Å². The second-order valence-corrected chi connectivity index (χ2v) is 4.74. The van der Waals surface area contributed by atoms with Crippen molar-refractivity contribution in [3.8, 4) is 5.75 Å². The highest BCUT2D eigenvalue weighted by atomic mass is 16.3. The molecular formula is C16H17NO3. The van der Waals surface area contributed by atoms with Crippen LogP contribution in [0.2, 0.25) is 0 Å². The number of hydrogen-bond donors (Lipinski definition) is 1. The Morgan fingerprint density at radius 2 is 2.00 bits per heavy atom. The summed E-state index contributed by atoms with van der Waals surface area (Å²) in [6.45, 7) is 1.84. The SMILES string of the molecule is Cc1ccc(/C=C/C(=O)c2ccc(N(C)C)cc2O)o1. The molecule has 0 aliphatic carbocycles. The number of ketones is 1. The first kappa shape index (κ1) is 13.9. The molecule has 4 nitrogen and oxygen atoms in total. The summed E-state index contributed by atoms with van der Waals surface area (Å²) < 4.78 is 5.34. The highest BCUT2D eigenvalue weighted by Gasteiger charge is 2.09. The molecule has 0 amide bonds. The fourth-order valence-corrected chi connectivity index (χ4v) is 1.80. The Labute approximate surface area is 117 Å². The normalized spacial score (nSPS) is 10.9. The van der Waals surface area contributed by atoms with Crippen LogP contribution >= 0.6 is 0 Å². The number of furan rings is 1. The van der Waals surface area contributed by atoms with Crippen molar-refractivity contribution in [2.75, 3.05) is 19.0 Å². The van der Waals surface area contributed by atoms with Crippen LogP contribution in [0, 0.1) is 6.92 Å². The first-order valence-electron chi connectivity index (χ1n) is 6.26. The van der Waals surface area contributed by atoms with Crippen LogP contribution in [-0.4, -0.2) is 25.0 Å². The number of nitrogens with zero attached hydrogens (tertiary/aromatic N) is 1. The van der Waals surface area contributed by atoms with Gasteiger partial charge < -0.3 is 14.4 Å². The standard InChI is InChI=1S/C16H17NO3/c1-11-4-6-13(20-11)7-9-15(18)14-8-5-12(17(2)3)10-16(14)19/h4-10,19H,1-3H3/b9-7+. The van der Waals surface area contributed by atoms with E-state index in [2.05, 4.69) is 0 Å². The van der Waals surface area contributed by atoms with Crippen LogP contribution in [0.4, 0.5) is 5.69 Å². The van der Waals surface area contributed by atoms with E-state index in [4.69, 9.17) is 4.42 Å². The van der Waals surface area contributed by atoms with Crippen LogP contribution in [-0.2, 0) is 0 Å². The quantitative estimate of drug-likeness (QED) is 0.685. The van der Waals surface area contributed by atoms with Crippen molar-refractivity contribution in [1.82, 2.24) is 0 Å². The van der Waals surface area contributed by atoms with E-state index in [-0.39, 0.29) is 17.1 Å². The van der Waals surface area contributed by atoms with Gasteiger partial charge in [-0.2, -0.15) is 0 Å². The van der Waals surface area contributed by atoms with Crippen molar-refractivity contribution < 1.29 is 14.3 Å². The molecule has 0 saturated heterocycles. The Morgan fingerprint density at radius 1 is 1.25 bits per heavy atom. The molecule has 0 unspecified atom stereocenters. The maximum Gasteiger partial charge on any atom is 0.189 e. The van der Waals surface area contributed by atoms with Crippen LogP contribution in [0.3, 0.4) is 0 Å². The van der Waals surface area contributed by atoms with Gasteiger partial charge in [-0.15, -0.1) is 0 Å². The molecule has 0 fully saturated rings. The summed E-state index contributed by atoms with van der Waals surface area (Å²) in [6, 6.07) is 8.59. The van der Waals surface area contributed by atoms with E-state index in [0.717, 1.165) is 11.4 Å². The number of benzene rings is 1. The monoisotopic (exact) mass is 271 g/mol. The Hall–Kier alpha value is -2.49. The Balaban J connectivity index is 2.19. The van der Waals surface area contributed by atoms with Gasteiger partial charge in [0.15, 0.2) is 5.78 Å². The number of anilines is 1. The zero-order chi connectivity index (χ0) is 14.7. The summed E-state index contributed by atoms with van der Waals surface area (Å²) in [5, 5.41) is 9.91. The van der Waals surface area contributed by atoms with Gasteiger partial charge in [0.2, 0.25) is 0 Å². The summed E-state index contributed by atoms with van der Waals surface area (Å²) in [6.07, 6.45) is 2.98. The molecule has 1 heterocycles. The van der Waals surface area contributed by atoms with Crippen LogP contribution in [0.15, 0.2) is 40.8 Å². The summed E-state index contributed by atoms with van der Waals surface area (Å²) in [7, 11) is 3.74. The summed E-state index contributed by atoms with van der Waals surface area (Å²) in [5.41, 5.74) is 1.11. The number of phenols is 1. The maximum atomic E-state index is 12.0. The van der Waals surface area contributed by atoms with E-state index in [1.54, 1.807) is 30.3 Å². The summed E-state index contributed by atoms with van der Waals surface area (Å²) >= 11 is 0. The average Bonchev–Trinajstić information content (AvgIpc) is 2.81. The molecule has 4 heteroatoms. The van der Waals surface area contributed by atoms with Crippen molar-refractivity contribution in [2.24, 2.45) is 0 Å². The van der Waals surface area contributed by atoms with E-state index in [1.165, 1.54) is 6.08 Å². The predicted octanol–water partition coefficient (Wildman–Crippen LogP) is 3.26. The van der Waals surface area contributed by atoms with Gasteiger partial charge >= 0.3 is 0 Å². The first-order chi connectivity index (χ1) is 9.47. The Kier molecular flexibility index (Phi) is 3.94. The smallest absolute Gasteiger partial charge is 0.189 e. The molecule has 0 bridgehead atoms. The third-order valence-electron chi connectivity index (χ3n) is 2.92. The van der Waals surface area contributed by atoms with Gasteiger partial charge in [-0.1, -0.05) is 0 Å². The van der Waals surface area contributed by atoms with E-state index >= 15 is 0 Å². The van der Waals surface area contributed by atoms with E-state index in [9.17, 15) is 9.90 Å². The minimum atomic E-state index is -0.262. The van der Waals surface area contributed by atoms with Gasteiger partial charge in [0.25, 0.3) is 0 Å². The van der Waals surface area contributed by atoms with E-state index < -0.39 is 0 Å². The minimum Gasteiger partial charge on any atom is -0.507 e. The van der Waals surface area contributed by atoms with Crippen molar-refractivity contribution in [1.29, 1.82) is 0 Å². The molecule has 2 aromatic rings. The zero-order valence-corrected chi connectivity index (χ0v) is 11.8. The lowest BCUT2D eigenvalue weighted by molar-refractivity contribution is 0.104. The van der Waals surface area contributed by atoms with Gasteiger partial charge in [-0.05, 0) is 43.3 Å². The fourth-order valence-electron chi connectivity index (χ4n) is 1.80. The maximum absolute atomic E-state index is 12.0. The molecule has 0 aliphatic rings. The lowest BCUT2D eigenvalue weighted by Crippen LogP contribution is -2.08. The molecule has 0 saturated carbocycles. The second-order valence-electron chi connectivity index (χ2n) is 4.74. The molecule has 1 aromatic carbocycles. The van der Waals surface area contributed by atoms with Crippen LogP contribution in [0.5, 0.6) is 5.75 Å². The highest BCUT2D eigenvalue weighted by Crippen LogP contribution is 2.24. The number of carbonyl (C=O) groups excluding carboxylic acids is 1. The van der Waals surface area contributed by atoms with Crippen molar-refractivity contribution in [3.05, 3.63) is 53.5 Å². The largest absolute Gasteiger partial charge is 0.507 e. The lowest BCUT2D eigenvalue weighted by Gasteiger charge is -2.13. The van der Waals surface area contributed by atoms with Crippen molar-refractivity contribution in [3.63, 3.8) is 0 Å². The number of allylic oxidation sites excluding steroid dienone is 1. The molecule has 0 atom stereocenters. The molecule has 1 N–H and O–H groups in total. The van der Waals surface area contributed by atoms with Crippen LogP contribution in [0.25, 0.3) is 6.08 Å². The third kappa shape index (κ3) is 3.09. The highest BCUT2D eigenvalue weighted by molar-refractivity contribution is 6.08. The summed E-state index contributed by atoms with van der Waals surface area (Å²) in [4.78, 5) is 13.9. The topological polar surface area (TPSA) is 53.7 Å². The molecule has 0 aliphatic heterocycles.